The SMILES string of the molecule is Brc1cc(C(Br)c2ccc3c4c(cccc24)CC3)sc1Br. The maximum Gasteiger partial charge on any atom is 0.0843 e. The van der Waals surface area contributed by atoms with Gasteiger partial charge in [-0.25, -0.2) is 0 Å². The van der Waals surface area contributed by atoms with Crippen LogP contribution in [0.15, 0.2) is 44.7 Å². The van der Waals surface area contributed by atoms with Crippen LogP contribution in [0.1, 0.15) is 26.4 Å². The number of rotatable bonds is 2. The first-order valence-electron chi connectivity index (χ1n) is 6.77. The third-order valence-corrected chi connectivity index (χ3v) is 8.71. The minimum atomic E-state index is 0.231. The van der Waals surface area contributed by atoms with Crippen molar-refractivity contribution < 1.29 is 0 Å². The molecule has 1 heterocycles. The fraction of sp³-hybridized carbons (Fsp3) is 0.176. The Morgan fingerprint density at radius 1 is 1.00 bits per heavy atom. The molecule has 4 rings (SSSR count). The van der Waals surface area contributed by atoms with Crippen molar-refractivity contribution >= 4 is 69.9 Å². The second kappa shape index (κ2) is 5.48. The van der Waals surface area contributed by atoms with Gasteiger partial charge in [0, 0.05) is 9.35 Å². The molecule has 0 saturated carbocycles. The molecule has 21 heavy (non-hydrogen) atoms. The quantitative estimate of drug-likeness (QED) is 0.342. The monoisotopic (exact) mass is 484 g/mol. The third kappa shape index (κ3) is 2.35. The molecule has 0 fully saturated rings. The Bertz CT molecular complexity index is 821. The molecule has 0 spiro atoms. The van der Waals surface area contributed by atoms with Gasteiger partial charge in [-0.15, -0.1) is 11.3 Å². The van der Waals surface area contributed by atoms with Crippen molar-refractivity contribution in [3.8, 4) is 0 Å². The molecule has 0 amide bonds. The van der Waals surface area contributed by atoms with E-state index in [2.05, 4.69) is 84.2 Å². The number of halogens is 3. The van der Waals surface area contributed by atoms with Gasteiger partial charge in [0.15, 0.2) is 0 Å². The standard InChI is InChI=1S/C17H11Br3S/c18-13-8-14(21-17(13)20)16(19)12-7-6-10-5-4-9-2-1-3-11(12)15(9)10/h1-3,6-8,16H,4-5H2. The molecule has 0 bridgehead atoms. The lowest BCUT2D eigenvalue weighted by Crippen LogP contribution is -1.93. The van der Waals surface area contributed by atoms with E-state index in [1.807, 2.05) is 0 Å². The molecule has 2 aromatic carbocycles. The summed E-state index contributed by atoms with van der Waals surface area (Å²) in [6.07, 6.45) is 2.36. The Balaban J connectivity index is 1.91. The molecule has 1 unspecified atom stereocenters. The van der Waals surface area contributed by atoms with Crippen LogP contribution in [-0.4, -0.2) is 0 Å². The van der Waals surface area contributed by atoms with Gasteiger partial charge in [0.1, 0.15) is 0 Å². The molecule has 0 aliphatic heterocycles. The summed E-state index contributed by atoms with van der Waals surface area (Å²) in [6, 6.07) is 13.5. The van der Waals surface area contributed by atoms with Crippen LogP contribution in [0.4, 0.5) is 0 Å². The molecule has 106 valence electrons. The molecule has 4 heteroatoms. The zero-order chi connectivity index (χ0) is 14.6. The van der Waals surface area contributed by atoms with E-state index in [0.29, 0.717) is 0 Å². The maximum absolute atomic E-state index is 3.90. The molecular weight excluding hydrogens is 476 g/mol. The van der Waals surface area contributed by atoms with Crippen molar-refractivity contribution in [1.82, 2.24) is 0 Å². The summed E-state index contributed by atoms with van der Waals surface area (Å²) < 4.78 is 2.27. The smallest absolute Gasteiger partial charge is 0.0843 e. The van der Waals surface area contributed by atoms with Crippen molar-refractivity contribution in [3.63, 3.8) is 0 Å². The van der Waals surface area contributed by atoms with E-state index in [4.69, 9.17) is 0 Å². The minimum Gasteiger partial charge on any atom is -0.131 e. The summed E-state index contributed by atoms with van der Waals surface area (Å²) in [5.41, 5.74) is 4.36. The average molecular weight is 487 g/mol. The lowest BCUT2D eigenvalue weighted by molar-refractivity contribution is 1.02. The number of alkyl halides is 1. The van der Waals surface area contributed by atoms with Gasteiger partial charge >= 0.3 is 0 Å². The van der Waals surface area contributed by atoms with Gasteiger partial charge in [0.25, 0.3) is 0 Å². The van der Waals surface area contributed by atoms with Crippen LogP contribution in [0.25, 0.3) is 10.8 Å². The number of hydrogen-bond donors (Lipinski definition) is 0. The first-order valence-corrected chi connectivity index (χ1v) is 10.1. The number of hydrogen-bond acceptors (Lipinski definition) is 1. The maximum atomic E-state index is 3.90. The number of aryl methyl sites for hydroxylation is 2. The van der Waals surface area contributed by atoms with Gasteiger partial charge in [-0.2, -0.15) is 0 Å². The summed E-state index contributed by atoms with van der Waals surface area (Å²) in [5, 5.41) is 2.87. The van der Waals surface area contributed by atoms with Gasteiger partial charge in [-0.05, 0) is 78.2 Å². The van der Waals surface area contributed by atoms with E-state index < -0.39 is 0 Å². The Morgan fingerprint density at radius 2 is 1.76 bits per heavy atom. The van der Waals surface area contributed by atoms with Crippen LogP contribution in [0.2, 0.25) is 0 Å². The van der Waals surface area contributed by atoms with Gasteiger partial charge in [-0.3, -0.25) is 0 Å². The Morgan fingerprint density at radius 3 is 2.48 bits per heavy atom. The average Bonchev–Trinajstić information content (AvgIpc) is 3.05. The number of thiophene rings is 1. The molecule has 3 aromatic rings. The number of benzene rings is 2. The fourth-order valence-corrected chi connectivity index (χ4v) is 6.03. The normalized spacial score (nSPS) is 14.8. The summed E-state index contributed by atoms with van der Waals surface area (Å²) in [6.45, 7) is 0. The van der Waals surface area contributed by atoms with E-state index in [1.165, 1.54) is 45.2 Å². The topological polar surface area (TPSA) is 0 Å². The van der Waals surface area contributed by atoms with E-state index in [1.54, 1.807) is 11.3 Å². The van der Waals surface area contributed by atoms with E-state index in [-0.39, 0.29) is 4.83 Å². The first kappa shape index (κ1) is 14.4. The molecule has 0 radical (unpaired) electrons. The Labute approximate surface area is 153 Å². The van der Waals surface area contributed by atoms with Crippen molar-refractivity contribution in [2.24, 2.45) is 0 Å². The van der Waals surface area contributed by atoms with E-state index in [0.717, 1.165) is 8.26 Å². The van der Waals surface area contributed by atoms with Crippen LogP contribution < -0.4 is 0 Å². The second-order valence-electron chi connectivity index (χ2n) is 5.29. The molecule has 0 nitrogen and oxygen atoms in total. The largest absolute Gasteiger partial charge is 0.131 e. The lowest BCUT2D eigenvalue weighted by Gasteiger charge is -2.13. The molecule has 1 atom stereocenters. The molecule has 1 aromatic heterocycles. The predicted molar refractivity (Wildman–Crippen MR) is 102 cm³/mol. The first-order chi connectivity index (χ1) is 10.1. The van der Waals surface area contributed by atoms with Crippen molar-refractivity contribution in [2.75, 3.05) is 0 Å². The zero-order valence-electron chi connectivity index (χ0n) is 11.0. The van der Waals surface area contributed by atoms with Crippen LogP contribution in [-0.2, 0) is 12.8 Å². The highest BCUT2D eigenvalue weighted by atomic mass is 79.9. The van der Waals surface area contributed by atoms with Crippen LogP contribution in [0.5, 0.6) is 0 Å². The molecular formula is C17H11Br3S. The zero-order valence-corrected chi connectivity index (χ0v) is 16.6. The molecule has 0 N–H and O–H groups in total. The third-order valence-electron chi connectivity index (χ3n) is 4.10. The predicted octanol–water partition coefficient (Wildman–Crippen LogP) is 7.01. The van der Waals surface area contributed by atoms with Gasteiger partial charge in [0.2, 0.25) is 0 Å². The van der Waals surface area contributed by atoms with Gasteiger partial charge in [-0.1, -0.05) is 46.3 Å². The van der Waals surface area contributed by atoms with Crippen molar-refractivity contribution in [3.05, 3.63) is 66.2 Å². The van der Waals surface area contributed by atoms with E-state index >= 15 is 0 Å². The summed E-state index contributed by atoms with van der Waals surface area (Å²) in [4.78, 5) is 1.54. The molecule has 1 aliphatic rings. The van der Waals surface area contributed by atoms with E-state index in [9.17, 15) is 0 Å². The van der Waals surface area contributed by atoms with Gasteiger partial charge < -0.3 is 0 Å². The Hall–Kier alpha value is -0.160. The molecule has 1 aliphatic carbocycles. The van der Waals surface area contributed by atoms with Crippen LogP contribution >= 0.6 is 59.1 Å². The minimum absolute atomic E-state index is 0.231. The fourth-order valence-electron chi connectivity index (χ4n) is 3.13. The van der Waals surface area contributed by atoms with Gasteiger partial charge in [0.05, 0.1) is 8.61 Å². The highest BCUT2D eigenvalue weighted by Gasteiger charge is 2.21. The summed E-state index contributed by atoms with van der Waals surface area (Å²) >= 11 is 12.8. The Kier molecular flexibility index (Phi) is 3.77. The highest BCUT2D eigenvalue weighted by molar-refractivity contribution is 9.13. The van der Waals surface area contributed by atoms with Crippen molar-refractivity contribution in [2.45, 2.75) is 17.7 Å². The van der Waals surface area contributed by atoms with Crippen LogP contribution in [0, 0.1) is 0 Å². The molecule has 0 saturated heterocycles. The van der Waals surface area contributed by atoms with Crippen molar-refractivity contribution in [1.29, 1.82) is 0 Å². The highest BCUT2D eigenvalue weighted by Crippen LogP contribution is 2.44. The lowest BCUT2D eigenvalue weighted by atomic mass is 9.98. The summed E-state index contributed by atoms with van der Waals surface area (Å²) in [5.74, 6) is 0. The second-order valence-corrected chi connectivity index (χ2v) is 9.46. The summed E-state index contributed by atoms with van der Waals surface area (Å²) in [7, 11) is 0. The van der Waals surface area contributed by atoms with Crippen LogP contribution in [0.3, 0.4) is 0 Å².